The van der Waals surface area contributed by atoms with E-state index in [-0.39, 0.29) is 35.0 Å². The van der Waals surface area contributed by atoms with Crippen molar-refractivity contribution in [1.29, 1.82) is 5.26 Å². The Labute approximate surface area is 200 Å². The minimum atomic E-state index is -4.62. The molecule has 7 nitrogen and oxygen atoms in total. The number of rotatable bonds is 5. The lowest BCUT2D eigenvalue weighted by Gasteiger charge is -2.37. The molecule has 0 fully saturated rings. The van der Waals surface area contributed by atoms with E-state index in [1.807, 2.05) is 6.07 Å². The van der Waals surface area contributed by atoms with Crippen LogP contribution in [-0.2, 0) is 20.5 Å². The van der Waals surface area contributed by atoms with Crippen molar-refractivity contribution >= 4 is 17.6 Å². The molecule has 3 rings (SSSR count). The molecular weight excluding hydrogens is 461 g/mol. The molecular formula is C25H23F3N4O3. The van der Waals surface area contributed by atoms with E-state index < -0.39 is 29.5 Å². The van der Waals surface area contributed by atoms with Gasteiger partial charge in [-0.05, 0) is 62.2 Å². The Kier molecular flexibility index (Phi) is 6.91. The molecule has 4 N–H and O–H groups in total. The molecule has 0 aromatic heterocycles. The molecule has 0 spiro atoms. The Balaban J connectivity index is 2.35. The first-order valence-electron chi connectivity index (χ1n) is 10.6. The molecule has 0 aliphatic carbocycles. The van der Waals surface area contributed by atoms with E-state index in [4.69, 9.17) is 16.2 Å². The molecule has 1 heterocycles. The van der Waals surface area contributed by atoms with Crippen molar-refractivity contribution < 1.29 is 27.5 Å². The number of esters is 1. The highest BCUT2D eigenvalue weighted by Gasteiger charge is 2.41. The summed E-state index contributed by atoms with van der Waals surface area (Å²) in [6.07, 6.45) is -4.62. The van der Waals surface area contributed by atoms with Crippen molar-refractivity contribution in [3.8, 4) is 6.07 Å². The molecule has 182 valence electrons. The summed E-state index contributed by atoms with van der Waals surface area (Å²) in [5, 5.41) is 9.21. The first-order chi connectivity index (χ1) is 16.4. The molecule has 0 saturated carbocycles. The molecule has 1 atom stereocenters. The Morgan fingerprint density at radius 1 is 1.14 bits per heavy atom. The zero-order valence-electron chi connectivity index (χ0n) is 19.2. The number of anilines is 1. The number of allylic oxidation sites excluding steroid dienone is 1. The SMILES string of the molecule is CCOC(=O)C1=C(C)N(c2cccc(C(F)(F)F)c2)C(N)=C(C(N)=O)C1c1ccc(C#N)cc1C. The predicted molar refractivity (Wildman–Crippen MR) is 122 cm³/mol. The number of alkyl halides is 3. The van der Waals surface area contributed by atoms with Gasteiger partial charge in [0, 0.05) is 11.4 Å². The normalized spacial score (nSPS) is 16.3. The van der Waals surface area contributed by atoms with Gasteiger partial charge < -0.3 is 21.1 Å². The molecule has 1 aliphatic rings. The van der Waals surface area contributed by atoms with E-state index in [0.717, 1.165) is 12.1 Å². The number of ether oxygens (including phenoxy) is 1. The molecule has 1 amide bonds. The average molecular weight is 484 g/mol. The van der Waals surface area contributed by atoms with Crippen LogP contribution in [0.2, 0.25) is 0 Å². The maximum Gasteiger partial charge on any atom is 0.416 e. The Morgan fingerprint density at radius 2 is 1.83 bits per heavy atom. The van der Waals surface area contributed by atoms with Gasteiger partial charge in [-0.15, -0.1) is 0 Å². The number of hydrogen-bond donors (Lipinski definition) is 2. The van der Waals surface area contributed by atoms with Gasteiger partial charge in [-0.25, -0.2) is 4.79 Å². The first kappa shape index (κ1) is 25.4. The van der Waals surface area contributed by atoms with E-state index in [1.54, 1.807) is 26.0 Å². The molecule has 35 heavy (non-hydrogen) atoms. The van der Waals surface area contributed by atoms with E-state index in [9.17, 15) is 28.0 Å². The van der Waals surface area contributed by atoms with E-state index in [1.165, 1.54) is 30.0 Å². The molecule has 2 aromatic rings. The third-order valence-corrected chi connectivity index (χ3v) is 5.72. The summed E-state index contributed by atoms with van der Waals surface area (Å²) in [5.74, 6) is -3.00. The number of carbonyl (C=O) groups is 2. The van der Waals surface area contributed by atoms with Crippen molar-refractivity contribution in [3.63, 3.8) is 0 Å². The molecule has 0 saturated heterocycles. The summed E-state index contributed by atoms with van der Waals surface area (Å²) in [6.45, 7) is 4.82. The standard InChI is InChI=1S/C25H23F3N4O3/c1-4-35-24(34)19-14(3)32(17-7-5-6-16(11-17)25(26,27)28)22(30)21(23(31)33)20(19)18-9-8-15(12-29)10-13(18)2/h5-11,20H,4,30H2,1-3H3,(H2,31,33). The quantitative estimate of drug-likeness (QED) is 0.619. The second-order valence-electron chi connectivity index (χ2n) is 7.88. The summed E-state index contributed by atoms with van der Waals surface area (Å²) in [7, 11) is 0. The van der Waals surface area contributed by atoms with Crippen LogP contribution in [0.1, 0.15) is 42.0 Å². The number of primary amides is 1. The maximum absolute atomic E-state index is 13.4. The third kappa shape index (κ3) is 4.71. The van der Waals surface area contributed by atoms with Crippen LogP contribution in [0.5, 0.6) is 0 Å². The Bertz CT molecular complexity index is 1310. The van der Waals surface area contributed by atoms with Crippen LogP contribution in [0, 0.1) is 18.3 Å². The number of amides is 1. The van der Waals surface area contributed by atoms with E-state index in [2.05, 4.69) is 0 Å². The zero-order chi connectivity index (χ0) is 26.1. The number of nitrogens with zero attached hydrogens (tertiary/aromatic N) is 2. The highest BCUT2D eigenvalue weighted by molar-refractivity contribution is 6.03. The lowest BCUT2D eigenvalue weighted by Crippen LogP contribution is -2.40. The fourth-order valence-corrected chi connectivity index (χ4v) is 4.20. The third-order valence-electron chi connectivity index (χ3n) is 5.72. The zero-order valence-corrected chi connectivity index (χ0v) is 19.2. The number of hydrogen-bond acceptors (Lipinski definition) is 6. The minimum Gasteiger partial charge on any atom is -0.463 e. The van der Waals surface area contributed by atoms with Gasteiger partial charge >= 0.3 is 12.1 Å². The van der Waals surface area contributed by atoms with Crippen molar-refractivity contribution in [2.75, 3.05) is 11.5 Å². The van der Waals surface area contributed by atoms with Gasteiger partial charge in [0.25, 0.3) is 0 Å². The van der Waals surface area contributed by atoms with Crippen molar-refractivity contribution in [2.45, 2.75) is 32.9 Å². The van der Waals surface area contributed by atoms with Gasteiger partial charge in [-0.1, -0.05) is 12.1 Å². The summed E-state index contributed by atoms with van der Waals surface area (Å²) < 4.78 is 45.4. The molecule has 0 radical (unpaired) electrons. The first-order valence-corrected chi connectivity index (χ1v) is 10.6. The van der Waals surface area contributed by atoms with E-state index >= 15 is 0 Å². The van der Waals surface area contributed by atoms with Crippen molar-refractivity contribution in [1.82, 2.24) is 0 Å². The Hall–Kier alpha value is -4.26. The molecule has 10 heteroatoms. The smallest absolute Gasteiger partial charge is 0.416 e. The summed E-state index contributed by atoms with van der Waals surface area (Å²) in [5.41, 5.74) is 12.6. The highest BCUT2D eigenvalue weighted by atomic mass is 19.4. The van der Waals surface area contributed by atoms with Crippen LogP contribution >= 0.6 is 0 Å². The van der Waals surface area contributed by atoms with Crippen molar-refractivity contribution in [3.05, 3.63) is 87.4 Å². The summed E-state index contributed by atoms with van der Waals surface area (Å²) in [6, 6.07) is 11.0. The maximum atomic E-state index is 13.4. The lowest BCUT2D eigenvalue weighted by atomic mass is 9.78. The predicted octanol–water partition coefficient (Wildman–Crippen LogP) is 3.98. The van der Waals surface area contributed by atoms with Gasteiger partial charge in [-0.3, -0.25) is 4.79 Å². The Morgan fingerprint density at radius 3 is 2.37 bits per heavy atom. The van der Waals surface area contributed by atoms with Crippen molar-refractivity contribution in [2.24, 2.45) is 11.5 Å². The number of aryl methyl sites for hydroxylation is 1. The van der Waals surface area contributed by atoms with Crippen LogP contribution in [-0.4, -0.2) is 18.5 Å². The fourth-order valence-electron chi connectivity index (χ4n) is 4.20. The van der Waals surface area contributed by atoms with Gasteiger partial charge in [0.05, 0.1) is 40.9 Å². The van der Waals surface area contributed by atoms with Crippen LogP contribution in [0.3, 0.4) is 0 Å². The second kappa shape index (κ2) is 9.54. The summed E-state index contributed by atoms with van der Waals surface area (Å²) >= 11 is 0. The monoisotopic (exact) mass is 484 g/mol. The number of nitrogens with two attached hydrogens (primary N) is 2. The van der Waals surface area contributed by atoms with Crippen LogP contribution in [0.25, 0.3) is 0 Å². The minimum absolute atomic E-state index is 0.0000642. The fraction of sp³-hybridized carbons (Fsp3) is 0.240. The van der Waals surface area contributed by atoms with Crippen LogP contribution < -0.4 is 16.4 Å². The van der Waals surface area contributed by atoms with E-state index in [0.29, 0.717) is 16.7 Å². The number of halogens is 3. The average Bonchev–Trinajstić information content (AvgIpc) is 2.78. The number of nitriles is 1. The topological polar surface area (TPSA) is 122 Å². The second-order valence-corrected chi connectivity index (χ2v) is 7.88. The number of benzene rings is 2. The molecule has 1 unspecified atom stereocenters. The molecule has 2 aromatic carbocycles. The molecule has 1 aliphatic heterocycles. The summed E-state index contributed by atoms with van der Waals surface area (Å²) in [4.78, 5) is 27.0. The van der Waals surface area contributed by atoms with Gasteiger partial charge in [0.1, 0.15) is 5.82 Å². The largest absolute Gasteiger partial charge is 0.463 e. The molecule has 0 bridgehead atoms. The van der Waals surface area contributed by atoms with Gasteiger partial charge in [0.2, 0.25) is 5.91 Å². The van der Waals surface area contributed by atoms with Crippen LogP contribution in [0.4, 0.5) is 18.9 Å². The van der Waals surface area contributed by atoms with Gasteiger partial charge in [-0.2, -0.15) is 18.4 Å². The van der Waals surface area contributed by atoms with Gasteiger partial charge in [0.15, 0.2) is 0 Å². The number of carbonyl (C=O) groups excluding carboxylic acids is 2. The van der Waals surface area contributed by atoms with Crippen LogP contribution in [0.15, 0.2) is 65.1 Å². The highest BCUT2D eigenvalue weighted by Crippen LogP contribution is 2.44. The lowest BCUT2D eigenvalue weighted by molar-refractivity contribution is -0.139.